The Morgan fingerprint density at radius 2 is 1.67 bits per heavy atom. The second kappa shape index (κ2) is 13.4. The molecule has 39 heavy (non-hydrogen) atoms. The molecule has 9 heteroatoms. The molecular weight excluding hydrogens is 496 g/mol. The third-order valence-electron chi connectivity index (χ3n) is 7.70. The van der Waals surface area contributed by atoms with E-state index in [2.05, 4.69) is 22.0 Å². The van der Waals surface area contributed by atoms with Gasteiger partial charge in [0.2, 0.25) is 11.8 Å². The zero-order valence-electron chi connectivity index (χ0n) is 23.1. The summed E-state index contributed by atoms with van der Waals surface area (Å²) >= 11 is 0. The third kappa shape index (κ3) is 7.65. The molecule has 2 aromatic carbocycles. The van der Waals surface area contributed by atoms with Crippen LogP contribution in [0.25, 0.3) is 0 Å². The Labute approximate surface area is 230 Å². The summed E-state index contributed by atoms with van der Waals surface area (Å²) in [6.45, 7) is 0. The van der Waals surface area contributed by atoms with Crippen molar-refractivity contribution in [1.82, 2.24) is 16.0 Å². The highest BCUT2D eigenvalue weighted by Crippen LogP contribution is 2.29. The fraction of sp³-hybridized carbons (Fsp3) is 0.500. The van der Waals surface area contributed by atoms with Gasteiger partial charge in [-0.25, -0.2) is 0 Å². The molecule has 210 valence electrons. The van der Waals surface area contributed by atoms with E-state index in [9.17, 15) is 9.59 Å². The van der Waals surface area contributed by atoms with Crippen LogP contribution in [-0.2, 0) is 28.9 Å². The van der Waals surface area contributed by atoms with E-state index in [4.69, 9.17) is 19.6 Å². The number of carbonyl (C=O) groups excluding carboxylic acids is 2. The molecule has 0 aromatic heterocycles. The topological polar surface area (TPSA) is 122 Å². The summed E-state index contributed by atoms with van der Waals surface area (Å²) in [5.74, 6) is 1.69. The number of benzene rings is 2. The van der Waals surface area contributed by atoms with E-state index in [1.54, 1.807) is 39.5 Å². The second-order valence-electron chi connectivity index (χ2n) is 10.5. The summed E-state index contributed by atoms with van der Waals surface area (Å²) in [5, 5.41) is 17.2. The highest BCUT2D eigenvalue weighted by Gasteiger charge is 2.29. The summed E-state index contributed by atoms with van der Waals surface area (Å²) in [6.07, 6.45) is 7.93. The van der Waals surface area contributed by atoms with Gasteiger partial charge in [0.1, 0.15) is 11.8 Å². The Morgan fingerprint density at radius 1 is 0.923 bits per heavy atom. The minimum atomic E-state index is -0.597. The lowest BCUT2D eigenvalue weighted by Gasteiger charge is -2.28. The van der Waals surface area contributed by atoms with Crippen molar-refractivity contribution >= 4 is 17.8 Å². The minimum absolute atomic E-state index is 0.0101. The van der Waals surface area contributed by atoms with Crippen molar-refractivity contribution in [1.29, 1.82) is 5.41 Å². The van der Waals surface area contributed by atoms with E-state index >= 15 is 0 Å². The van der Waals surface area contributed by atoms with E-state index in [0.29, 0.717) is 23.8 Å². The maximum atomic E-state index is 13.5. The molecule has 1 fully saturated rings. The van der Waals surface area contributed by atoms with Gasteiger partial charge in [0, 0.05) is 6.04 Å². The quantitative estimate of drug-likeness (QED) is 0.272. The van der Waals surface area contributed by atoms with Crippen molar-refractivity contribution in [2.24, 2.45) is 5.92 Å². The number of hydrogen-bond donors (Lipinski definition) is 4. The van der Waals surface area contributed by atoms with Crippen molar-refractivity contribution < 1.29 is 23.8 Å². The van der Waals surface area contributed by atoms with E-state index in [-0.39, 0.29) is 30.2 Å². The Balaban J connectivity index is 1.36. The number of methoxy groups -OCH3 is 3. The summed E-state index contributed by atoms with van der Waals surface area (Å²) in [6, 6.07) is 10.7. The van der Waals surface area contributed by atoms with Crippen molar-refractivity contribution in [3.05, 3.63) is 53.1 Å². The highest BCUT2D eigenvalue weighted by molar-refractivity contribution is 5.98. The predicted octanol–water partition coefficient (Wildman–Crippen LogP) is 3.52. The van der Waals surface area contributed by atoms with E-state index in [1.807, 2.05) is 12.1 Å². The first-order chi connectivity index (χ1) is 18.9. The van der Waals surface area contributed by atoms with Gasteiger partial charge in [-0.2, -0.15) is 0 Å². The van der Waals surface area contributed by atoms with Crippen molar-refractivity contribution in [2.45, 2.75) is 69.9 Å². The van der Waals surface area contributed by atoms with Gasteiger partial charge < -0.3 is 24.8 Å². The second-order valence-corrected chi connectivity index (χ2v) is 10.5. The molecule has 9 nitrogen and oxygen atoms in total. The molecule has 0 bridgehead atoms. The van der Waals surface area contributed by atoms with E-state index in [0.717, 1.165) is 49.8 Å². The van der Waals surface area contributed by atoms with Crippen molar-refractivity contribution in [3.63, 3.8) is 0 Å². The number of amides is 2. The van der Waals surface area contributed by atoms with Gasteiger partial charge in [0.15, 0.2) is 17.5 Å². The normalized spacial score (nSPS) is 17.5. The molecule has 2 aromatic rings. The first-order valence-electron chi connectivity index (χ1n) is 13.7. The molecule has 2 amide bonds. The maximum Gasteiger partial charge on any atom is 0.242 e. The number of guanidine groups is 1. The van der Waals surface area contributed by atoms with Crippen LogP contribution in [0.3, 0.4) is 0 Å². The van der Waals surface area contributed by atoms with Gasteiger partial charge in [-0.1, -0.05) is 44.2 Å². The lowest BCUT2D eigenvalue weighted by Crippen LogP contribution is -2.54. The van der Waals surface area contributed by atoms with Crippen LogP contribution in [0, 0.1) is 11.3 Å². The number of rotatable bonds is 10. The van der Waals surface area contributed by atoms with Crippen LogP contribution in [0.5, 0.6) is 17.2 Å². The van der Waals surface area contributed by atoms with Crippen LogP contribution in [0.15, 0.2) is 36.4 Å². The van der Waals surface area contributed by atoms with Gasteiger partial charge in [0.05, 0.1) is 27.8 Å². The van der Waals surface area contributed by atoms with Gasteiger partial charge in [-0.05, 0) is 66.1 Å². The zero-order chi connectivity index (χ0) is 27.8. The lowest BCUT2D eigenvalue weighted by atomic mass is 9.84. The molecule has 4 rings (SSSR count). The summed E-state index contributed by atoms with van der Waals surface area (Å²) < 4.78 is 15.9. The zero-order valence-corrected chi connectivity index (χ0v) is 23.1. The molecule has 0 heterocycles. The number of carbonyl (C=O) groups is 2. The lowest BCUT2D eigenvalue weighted by molar-refractivity contribution is -0.124. The molecule has 0 aliphatic heterocycles. The molecule has 2 aliphatic rings. The average Bonchev–Trinajstić information content (AvgIpc) is 3.34. The fourth-order valence-corrected chi connectivity index (χ4v) is 5.68. The predicted molar refractivity (Wildman–Crippen MR) is 150 cm³/mol. The molecule has 2 atom stereocenters. The Morgan fingerprint density at radius 3 is 2.38 bits per heavy atom. The van der Waals surface area contributed by atoms with E-state index < -0.39 is 6.04 Å². The minimum Gasteiger partial charge on any atom is -0.497 e. The third-order valence-corrected chi connectivity index (χ3v) is 7.70. The first kappa shape index (κ1) is 28.3. The standard InChI is InChI=1S/C30H40N4O5/c1-37-24-11-10-21-16-23(17-22(21)18-24)32-29(36)25(13-19-7-5-4-6-8-19)33-30(31)34-28(35)15-20-9-12-26(38-2)27(14-20)39-3/h9-12,14,18-19,23,25H,4-8,13,15-17H2,1-3H3,(H,32,36)(H3,31,33,34,35)/t23?,25-/m1/s1. The van der Waals surface area contributed by atoms with Crippen LogP contribution in [0.2, 0.25) is 0 Å². The molecule has 4 N–H and O–H groups in total. The Bertz CT molecular complexity index is 1180. The molecule has 0 spiro atoms. The smallest absolute Gasteiger partial charge is 0.242 e. The number of ether oxygens (including phenoxy) is 3. The Kier molecular flexibility index (Phi) is 9.68. The number of nitrogens with one attached hydrogen (secondary N) is 4. The van der Waals surface area contributed by atoms with Crippen LogP contribution >= 0.6 is 0 Å². The molecule has 1 saturated carbocycles. The highest BCUT2D eigenvalue weighted by atomic mass is 16.5. The number of fused-ring (bicyclic) bond motifs is 1. The van der Waals surface area contributed by atoms with Gasteiger partial charge >= 0.3 is 0 Å². The largest absolute Gasteiger partial charge is 0.497 e. The monoisotopic (exact) mass is 536 g/mol. The summed E-state index contributed by atoms with van der Waals surface area (Å²) in [7, 11) is 4.75. The average molecular weight is 537 g/mol. The molecular formula is C30H40N4O5. The van der Waals surface area contributed by atoms with Crippen LogP contribution < -0.4 is 30.2 Å². The molecule has 1 unspecified atom stereocenters. The fourth-order valence-electron chi connectivity index (χ4n) is 5.68. The maximum absolute atomic E-state index is 13.5. The molecule has 2 aliphatic carbocycles. The summed E-state index contributed by atoms with van der Waals surface area (Å²) in [5.41, 5.74) is 3.13. The molecule has 0 radical (unpaired) electrons. The van der Waals surface area contributed by atoms with Crippen molar-refractivity contribution in [2.75, 3.05) is 21.3 Å². The van der Waals surface area contributed by atoms with Crippen LogP contribution in [0.1, 0.15) is 55.2 Å². The van der Waals surface area contributed by atoms with Gasteiger partial charge in [-0.15, -0.1) is 0 Å². The molecule has 0 saturated heterocycles. The van der Waals surface area contributed by atoms with Crippen LogP contribution in [-0.4, -0.2) is 51.2 Å². The summed E-state index contributed by atoms with van der Waals surface area (Å²) in [4.78, 5) is 26.2. The van der Waals surface area contributed by atoms with Gasteiger partial charge in [-0.3, -0.25) is 20.3 Å². The SMILES string of the molecule is COc1ccc2c(c1)CC(NC(=O)[C@@H](CC1CCCCC1)NC(=N)NC(=O)Cc1ccc(OC)c(OC)c1)C2. The van der Waals surface area contributed by atoms with E-state index in [1.165, 1.54) is 17.5 Å². The number of hydrogen-bond acceptors (Lipinski definition) is 6. The van der Waals surface area contributed by atoms with Crippen molar-refractivity contribution in [3.8, 4) is 17.2 Å². The van der Waals surface area contributed by atoms with Gasteiger partial charge in [0.25, 0.3) is 0 Å². The Hall–Kier alpha value is -3.75. The van der Waals surface area contributed by atoms with Crippen LogP contribution in [0.4, 0.5) is 0 Å². The first-order valence-corrected chi connectivity index (χ1v) is 13.7.